The highest BCUT2D eigenvalue weighted by Gasteiger charge is 2.20. The summed E-state index contributed by atoms with van der Waals surface area (Å²) in [7, 11) is 0. The van der Waals surface area contributed by atoms with Crippen molar-refractivity contribution in [1.29, 1.82) is 0 Å². The van der Waals surface area contributed by atoms with Gasteiger partial charge in [0.25, 0.3) is 0 Å². The molecule has 0 heterocycles. The molecular formula is C14H29NO. The van der Waals surface area contributed by atoms with Crippen LogP contribution in [-0.2, 0) is 0 Å². The van der Waals surface area contributed by atoms with Crippen LogP contribution in [0, 0.1) is 11.8 Å². The third-order valence-electron chi connectivity index (χ3n) is 3.95. The smallest absolute Gasteiger partial charge is 0.0524 e. The number of hydrogen-bond donors (Lipinski definition) is 2. The number of aliphatic hydroxyl groups is 1. The van der Waals surface area contributed by atoms with Crippen molar-refractivity contribution in [1.82, 2.24) is 5.32 Å². The van der Waals surface area contributed by atoms with Gasteiger partial charge >= 0.3 is 0 Å². The molecule has 3 unspecified atom stereocenters. The van der Waals surface area contributed by atoms with E-state index in [1.807, 2.05) is 6.92 Å². The molecule has 2 N–H and O–H groups in total. The Labute approximate surface area is 101 Å². The maximum absolute atomic E-state index is 9.21. The number of rotatable bonds is 5. The fraction of sp³-hybridized carbons (Fsp3) is 1.00. The van der Waals surface area contributed by atoms with Crippen LogP contribution in [0.2, 0.25) is 0 Å². The van der Waals surface area contributed by atoms with E-state index in [4.69, 9.17) is 0 Å². The molecular weight excluding hydrogens is 198 g/mol. The second-order valence-electron chi connectivity index (χ2n) is 5.80. The lowest BCUT2D eigenvalue weighted by atomic mass is 9.89. The molecule has 2 heteroatoms. The number of nitrogens with one attached hydrogen (secondary N) is 1. The van der Waals surface area contributed by atoms with Crippen molar-refractivity contribution in [3.8, 4) is 0 Å². The molecule has 0 aromatic rings. The molecule has 0 aliphatic heterocycles. The molecule has 0 bridgehead atoms. The molecule has 16 heavy (non-hydrogen) atoms. The van der Waals surface area contributed by atoms with E-state index >= 15 is 0 Å². The van der Waals surface area contributed by atoms with Crippen LogP contribution in [0.5, 0.6) is 0 Å². The fourth-order valence-corrected chi connectivity index (χ4v) is 2.70. The van der Waals surface area contributed by atoms with Crippen LogP contribution in [0.25, 0.3) is 0 Å². The molecule has 0 aromatic carbocycles. The SMILES string of the molecule is CC(O)CCNC1CCCC(C(C)C)CC1. The predicted octanol–water partition coefficient (Wildman–Crippen LogP) is 2.95. The zero-order valence-corrected chi connectivity index (χ0v) is 11.2. The van der Waals surface area contributed by atoms with Crippen molar-refractivity contribution < 1.29 is 5.11 Å². The van der Waals surface area contributed by atoms with Crippen LogP contribution in [0.3, 0.4) is 0 Å². The maximum atomic E-state index is 9.21. The molecule has 3 atom stereocenters. The van der Waals surface area contributed by atoms with Gasteiger partial charge in [-0.1, -0.05) is 26.7 Å². The molecule has 1 rings (SSSR count). The van der Waals surface area contributed by atoms with E-state index in [2.05, 4.69) is 19.2 Å². The van der Waals surface area contributed by atoms with E-state index in [0.29, 0.717) is 6.04 Å². The normalized spacial score (nSPS) is 29.1. The molecule has 0 amide bonds. The van der Waals surface area contributed by atoms with Crippen molar-refractivity contribution in [2.75, 3.05) is 6.54 Å². The van der Waals surface area contributed by atoms with Gasteiger partial charge in [-0.05, 0) is 51.0 Å². The Kier molecular flexibility index (Phi) is 6.37. The summed E-state index contributed by atoms with van der Waals surface area (Å²) in [6.07, 6.45) is 7.52. The second-order valence-corrected chi connectivity index (χ2v) is 5.80. The average Bonchev–Trinajstić information content (AvgIpc) is 2.42. The average molecular weight is 227 g/mol. The largest absolute Gasteiger partial charge is 0.393 e. The first-order chi connectivity index (χ1) is 7.59. The van der Waals surface area contributed by atoms with Crippen molar-refractivity contribution in [3.05, 3.63) is 0 Å². The van der Waals surface area contributed by atoms with Crippen molar-refractivity contribution in [3.63, 3.8) is 0 Å². The second kappa shape index (κ2) is 7.29. The minimum Gasteiger partial charge on any atom is -0.393 e. The fourth-order valence-electron chi connectivity index (χ4n) is 2.70. The Hall–Kier alpha value is -0.0800. The first-order valence-electron chi connectivity index (χ1n) is 7.01. The zero-order chi connectivity index (χ0) is 12.0. The number of aliphatic hydroxyl groups excluding tert-OH is 1. The Morgan fingerprint density at radius 1 is 1.12 bits per heavy atom. The summed E-state index contributed by atoms with van der Waals surface area (Å²) in [4.78, 5) is 0. The van der Waals surface area contributed by atoms with Crippen molar-refractivity contribution in [2.24, 2.45) is 11.8 Å². The topological polar surface area (TPSA) is 32.3 Å². The van der Waals surface area contributed by atoms with Gasteiger partial charge in [0.05, 0.1) is 6.10 Å². The van der Waals surface area contributed by atoms with E-state index in [0.717, 1.165) is 24.8 Å². The van der Waals surface area contributed by atoms with E-state index in [9.17, 15) is 5.11 Å². The summed E-state index contributed by atoms with van der Waals surface area (Å²) in [5, 5.41) is 12.8. The maximum Gasteiger partial charge on any atom is 0.0524 e. The summed E-state index contributed by atoms with van der Waals surface area (Å²) in [5.41, 5.74) is 0. The lowest BCUT2D eigenvalue weighted by molar-refractivity contribution is 0.181. The first-order valence-corrected chi connectivity index (χ1v) is 7.01. The van der Waals surface area contributed by atoms with Crippen LogP contribution >= 0.6 is 0 Å². The molecule has 1 fully saturated rings. The molecule has 1 saturated carbocycles. The molecule has 0 spiro atoms. The summed E-state index contributed by atoms with van der Waals surface area (Å²) in [6.45, 7) is 7.54. The highest BCUT2D eigenvalue weighted by atomic mass is 16.3. The minimum absolute atomic E-state index is 0.165. The Morgan fingerprint density at radius 2 is 1.88 bits per heavy atom. The molecule has 0 saturated heterocycles. The summed E-state index contributed by atoms with van der Waals surface area (Å²) in [5.74, 6) is 1.78. The first kappa shape index (κ1) is 14.0. The van der Waals surface area contributed by atoms with Crippen LogP contribution in [0.1, 0.15) is 59.3 Å². The molecule has 96 valence electrons. The minimum atomic E-state index is -0.165. The van der Waals surface area contributed by atoms with Crippen LogP contribution in [0.15, 0.2) is 0 Å². The summed E-state index contributed by atoms with van der Waals surface area (Å²) in [6, 6.07) is 0.697. The third kappa shape index (κ3) is 5.31. The van der Waals surface area contributed by atoms with Gasteiger partial charge in [-0.15, -0.1) is 0 Å². The van der Waals surface area contributed by atoms with Gasteiger partial charge in [-0.2, -0.15) is 0 Å². The summed E-state index contributed by atoms with van der Waals surface area (Å²) < 4.78 is 0. The van der Waals surface area contributed by atoms with Gasteiger partial charge in [-0.3, -0.25) is 0 Å². The molecule has 0 aromatic heterocycles. The van der Waals surface area contributed by atoms with Gasteiger partial charge in [0.1, 0.15) is 0 Å². The monoisotopic (exact) mass is 227 g/mol. The lowest BCUT2D eigenvalue weighted by Crippen LogP contribution is -2.30. The van der Waals surface area contributed by atoms with E-state index in [-0.39, 0.29) is 6.10 Å². The standard InChI is InChI=1S/C14H29NO/c1-11(2)13-5-4-6-14(8-7-13)15-10-9-12(3)16/h11-16H,4-10H2,1-3H3. The van der Waals surface area contributed by atoms with E-state index in [1.165, 1.54) is 32.1 Å². The van der Waals surface area contributed by atoms with Gasteiger partial charge in [-0.25, -0.2) is 0 Å². The van der Waals surface area contributed by atoms with E-state index < -0.39 is 0 Å². The molecule has 1 aliphatic rings. The highest BCUT2D eigenvalue weighted by Crippen LogP contribution is 2.28. The van der Waals surface area contributed by atoms with Crippen molar-refractivity contribution in [2.45, 2.75) is 71.4 Å². The van der Waals surface area contributed by atoms with Crippen molar-refractivity contribution >= 4 is 0 Å². The Balaban J connectivity index is 2.20. The van der Waals surface area contributed by atoms with Crippen LogP contribution in [0.4, 0.5) is 0 Å². The predicted molar refractivity (Wildman–Crippen MR) is 69.5 cm³/mol. The highest BCUT2D eigenvalue weighted by molar-refractivity contribution is 4.76. The Bertz CT molecular complexity index is 180. The third-order valence-corrected chi connectivity index (χ3v) is 3.95. The van der Waals surface area contributed by atoms with Gasteiger partial charge in [0, 0.05) is 6.04 Å². The Morgan fingerprint density at radius 3 is 2.50 bits per heavy atom. The van der Waals surface area contributed by atoms with E-state index in [1.54, 1.807) is 0 Å². The van der Waals surface area contributed by atoms with Crippen LogP contribution < -0.4 is 5.32 Å². The molecule has 2 nitrogen and oxygen atoms in total. The van der Waals surface area contributed by atoms with Gasteiger partial charge in [0.2, 0.25) is 0 Å². The lowest BCUT2D eigenvalue weighted by Gasteiger charge is -2.19. The van der Waals surface area contributed by atoms with Gasteiger partial charge in [0.15, 0.2) is 0 Å². The quantitative estimate of drug-likeness (QED) is 0.708. The number of hydrogen-bond acceptors (Lipinski definition) is 2. The van der Waals surface area contributed by atoms with Crippen LogP contribution in [-0.4, -0.2) is 23.8 Å². The zero-order valence-electron chi connectivity index (χ0n) is 11.2. The van der Waals surface area contributed by atoms with Gasteiger partial charge < -0.3 is 10.4 Å². The summed E-state index contributed by atoms with van der Waals surface area (Å²) >= 11 is 0. The molecule has 0 radical (unpaired) electrons. The molecule has 1 aliphatic carbocycles.